The van der Waals surface area contributed by atoms with Gasteiger partial charge in [-0.05, 0) is 31.0 Å². The molecule has 0 aliphatic heterocycles. The second-order valence-corrected chi connectivity index (χ2v) is 4.04. The molecule has 0 amide bonds. The van der Waals surface area contributed by atoms with Crippen molar-refractivity contribution in [1.82, 2.24) is 0 Å². The van der Waals surface area contributed by atoms with Crippen molar-refractivity contribution in [3.8, 4) is 0 Å². The minimum Gasteiger partial charge on any atom is -0.465 e. The van der Waals surface area contributed by atoms with Crippen molar-refractivity contribution >= 4 is 17.7 Å². The second kappa shape index (κ2) is 6.19. The topological polar surface area (TPSA) is 38.3 Å². The normalized spacial score (nSPS) is 11.8. The van der Waals surface area contributed by atoms with Crippen molar-refractivity contribution in [2.24, 2.45) is 0 Å². The first kappa shape index (κ1) is 14.2. The number of rotatable bonds is 5. The molecule has 18 heavy (non-hydrogen) atoms. The van der Waals surface area contributed by atoms with E-state index in [2.05, 4.69) is 16.6 Å². The lowest BCUT2D eigenvalue weighted by Crippen LogP contribution is -2.18. The van der Waals surface area contributed by atoms with E-state index >= 15 is 0 Å². The fraction of sp³-hybridized carbons (Fsp3) is 0.357. The number of ether oxygens (including phenoxy) is 1. The van der Waals surface area contributed by atoms with Gasteiger partial charge in [-0.15, -0.1) is 0 Å². The third kappa shape index (κ3) is 2.88. The summed E-state index contributed by atoms with van der Waals surface area (Å²) in [5.74, 6) is -1.29. The van der Waals surface area contributed by atoms with E-state index in [1.54, 1.807) is 12.1 Å². The van der Waals surface area contributed by atoms with Crippen molar-refractivity contribution in [3.05, 3.63) is 35.7 Å². The Labute approximate surface area is 107 Å². The molecule has 1 aromatic rings. The van der Waals surface area contributed by atoms with Crippen LogP contribution in [-0.2, 0) is 4.74 Å². The Morgan fingerprint density at radius 1 is 1.61 bits per heavy atom. The van der Waals surface area contributed by atoms with Crippen LogP contribution in [0.15, 0.2) is 18.7 Å². The van der Waals surface area contributed by atoms with Gasteiger partial charge in [-0.2, -0.15) is 0 Å². The molecular weight excluding hydrogens is 233 g/mol. The molecule has 0 aliphatic carbocycles. The number of methoxy groups -OCH3 is 1. The fourth-order valence-electron chi connectivity index (χ4n) is 1.57. The first-order valence-electron chi connectivity index (χ1n) is 5.84. The number of hydrogen-bond donors (Lipinski definition) is 1. The van der Waals surface area contributed by atoms with Crippen molar-refractivity contribution in [2.75, 3.05) is 12.4 Å². The van der Waals surface area contributed by atoms with Gasteiger partial charge in [0.05, 0.1) is 12.8 Å². The summed E-state index contributed by atoms with van der Waals surface area (Å²) < 4.78 is 18.4. The minimum atomic E-state index is -0.693. The fourth-order valence-corrected chi connectivity index (χ4v) is 1.57. The van der Waals surface area contributed by atoms with E-state index in [9.17, 15) is 9.18 Å². The summed E-state index contributed by atoms with van der Waals surface area (Å²) in [6.07, 6.45) is 2.43. The predicted molar refractivity (Wildman–Crippen MR) is 71.2 cm³/mol. The first-order valence-corrected chi connectivity index (χ1v) is 5.84. The second-order valence-electron chi connectivity index (χ2n) is 4.04. The van der Waals surface area contributed by atoms with Crippen LogP contribution in [0, 0.1) is 5.82 Å². The number of benzene rings is 1. The number of anilines is 1. The maximum Gasteiger partial charge on any atom is 0.343 e. The molecule has 0 spiro atoms. The summed E-state index contributed by atoms with van der Waals surface area (Å²) in [4.78, 5) is 11.7. The van der Waals surface area contributed by atoms with Gasteiger partial charge in [0.15, 0.2) is 0 Å². The van der Waals surface area contributed by atoms with E-state index in [4.69, 9.17) is 0 Å². The zero-order valence-electron chi connectivity index (χ0n) is 10.9. The molecule has 1 rings (SSSR count). The maximum atomic E-state index is 13.8. The molecule has 0 saturated carbocycles. The Hall–Kier alpha value is -1.84. The smallest absolute Gasteiger partial charge is 0.343 e. The standard InChI is InChI=1S/C14H18FNO2/c1-5-9(3)16-13-10(6-2)7-8-11(15)12(13)14(17)18-4/h6-9,16H,2,5H2,1,3-4H3/t9-/m0/s1. The van der Waals surface area contributed by atoms with Crippen LogP contribution < -0.4 is 5.32 Å². The summed E-state index contributed by atoms with van der Waals surface area (Å²) in [7, 11) is 1.23. The van der Waals surface area contributed by atoms with Gasteiger partial charge < -0.3 is 10.1 Å². The highest BCUT2D eigenvalue weighted by molar-refractivity contribution is 5.98. The minimum absolute atomic E-state index is 0.0739. The van der Waals surface area contributed by atoms with E-state index in [1.807, 2.05) is 13.8 Å². The molecule has 3 nitrogen and oxygen atoms in total. The molecule has 0 radical (unpaired) electrons. The van der Waals surface area contributed by atoms with Gasteiger partial charge in [0.1, 0.15) is 11.4 Å². The van der Waals surface area contributed by atoms with Gasteiger partial charge >= 0.3 is 5.97 Å². The predicted octanol–water partition coefficient (Wildman–Crippen LogP) is 3.47. The van der Waals surface area contributed by atoms with E-state index in [-0.39, 0.29) is 11.6 Å². The van der Waals surface area contributed by atoms with Crippen LogP contribution >= 0.6 is 0 Å². The Kier molecular flexibility index (Phi) is 4.89. The first-order chi connectivity index (χ1) is 8.54. The lowest BCUT2D eigenvalue weighted by molar-refractivity contribution is 0.0596. The van der Waals surface area contributed by atoms with Crippen molar-refractivity contribution in [2.45, 2.75) is 26.3 Å². The van der Waals surface area contributed by atoms with Crippen LogP contribution in [0.25, 0.3) is 6.08 Å². The van der Waals surface area contributed by atoms with Crippen LogP contribution in [0.4, 0.5) is 10.1 Å². The maximum absolute atomic E-state index is 13.8. The van der Waals surface area contributed by atoms with Gasteiger partial charge in [-0.25, -0.2) is 9.18 Å². The molecule has 0 fully saturated rings. The Balaban J connectivity index is 3.36. The highest BCUT2D eigenvalue weighted by Crippen LogP contribution is 2.27. The molecule has 1 atom stereocenters. The molecule has 0 aromatic heterocycles. The molecule has 98 valence electrons. The molecule has 4 heteroatoms. The highest BCUT2D eigenvalue weighted by Gasteiger charge is 2.20. The van der Waals surface area contributed by atoms with Crippen LogP contribution in [0.1, 0.15) is 36.2 Å². The average Bonchev–Trinajstić information content (AvgIpc) is 2.38. The van der Waals surface area contributed by atoms with Gasteiger partial charge in [-0.3, -0.25) is 0 Å². The zero-order valence-corrected chi connectivity index (χ0v) is 10.9. The third-order valence-corrected chi connectivity index (χ3v) is 2.80. The zero-order chi connectivity index (χ0) is 13.7. The van der Waals surface area contributed by atoms with Crippen LogP contribution in [0.3, 0.4) is 0 Å². The Morgan fingerprint density at radius 3 is 2.78 bits per heavy atom. The molecule has 0 heterocycles. The third-order valence-electron chi connectivity index (χ3n) is 2.80. The Morgan fingerprint density at radius 2 is 2.28 bits per heavy atom. The molecule has 1 N–H and O–H groups in total. The summed E-state index contributed by atoms with van der Waals surface area (Å²) in [6.45, 7) is 7.63. The van der Waals surface area contributed by atoms with Crippen LogP contribution in [0.2, 0.25) is 0 Å². The molecule has 1 aromatic carbocycles. The average molecular weight is 251 g/mol. The van der Waals surface area contributed by atoms with Gasteiger partial charge in [-0.1, -0.05) is 19.6 Å². The lowest BCUT2D eigenvalue weighted by atomic mass is 10.0. The largest absolute Gasteiger partial charge is 0.465 e. The van der Waals surface area contributed by atoms with E-state index in [0.717, 1.165) is 6.42 Å². The monoisotopic (exact) mass is 251 g/mol. The summed E-state index contributed by atoms with van der Waals surface area (Å²) in [5, 5.41) is 3.12. The summed E-state index contributed by atoms with van der Waals surface area (Å²) in [6, 6.07) is 2.94. The number of halogens is 1. The van der Waals surface area contributed by atoms with Crippen molar-refractivity contribution in [3.63, 3.8) is 0 Å². The van der Waals surface area contributed by atoms with Crippen molar-refractivity contribution < 1.29 is 13.9 Å². The van der Waals surface area contributed by atoms with Crippen LogP contribution in [0.5, 0.6) is 0 Å². The molecule has 0 bridgehead atoms. The quantitative estimate of drug-likeness (QED) is 0.814. The van der Waals surface area contributed by atoms with Crippen LogP contribution in [-0.4, -0.2) is 19.1 Å². The number of nitrogens with one attached hydrogen (secondary N) is 1. The number of hydrogen-bond acceptors (Lipinski definition) is 3. The van der Waals surface area contributed by atoms with E-state index < -0.39 is 11.8 Å². The number of carbonyl (C=O) groups excluding carboxylic acids is 1. The molecule has 0 aliphatic rings. The van der Waals surface area contributed by atoms with Gasteiger partial charge in [0.25, 0.3) is 0 Å². The highest BCUT2D eigenvalue weighted by atomic mass is 19.1. The van der Waals surface area contributed by atoms with Gasteiger partial charge in [0, 0.05) is 6.04 Å². The molecular formula is C14H18FNO2. The molecule has 0 unspecified atom stereocenters. The van der Waals surface area contributed by atoms with Gasteiger partial charge in [0.2, 0.25) is 0 Å². The number of carbonyl (C=O) groups is 1. The number of esters is 1. The van der Waals surface area contributed by atoms with Crippen molar-refractivity contribution in [1.29, 1.82) is 0 Å². The molecule has 0 saturated heterocycles. The lowest BCUT2D eigenvalue weighted by Gasteiger charge is -2.18. The Bertz CT molecular complexity index is 457. The summed E-state index contributed by atoms with van der Waals surface area (Å²) >= 11 is 0. The summed E-state index contributed by atoms with van der Waals surface area (Å²) in [5.41, 5.74) is 1.04. The van der Waals surface area contributed by atoms with E-state index in [1.165, 1.54) is 13.2 Å². The van der Waals surface area contributed by atoms with E-state index in [0.29, 0.717) is 11.3 Å². The SMILES string of the molecule is C=Cc1ccc(F)c(C(=O)OC)c1N[C@@H](C)CC.